The molecule has 1 aromatic heterocycles. The highest BCUT2D eigenvalue weighted by Crippen LogP contribution is 2.34. The van der Waals surface area contributed by atoms with Crippen molar-refractivity contribution >= 4 is 12.4 Å². The van der Waals surface area contributed by atoms with Crippen molar-refractivity contribution in [2.45, 2.75) is 45.0 Å². The third kappa shape index (κ3) is 4.44. The minimum absolute atomic E-state index is 0.211. The van der Waals surface area contributed by atoms with Gasteiger partial charge in [0, 0.05) is 11.8 Å². The number of hydrogen-bond donors (Lipinski definition) is 1. The molecule has 8 heteroatoms. The van der Waals surface area contributed by atoms with E-state index in [2.05, 4.69) is 10.3 Å². The molecule has 1 atom stereocenters. The van der Waals surface area contributed by atoms with Crippen LogP contribution in [0, 0.1) is 0 Å². The second-order valence-corrected chi connectivity index (χ2v) is 5.84. The Labute approximate surface area is 125 Å². The van der Waals surface area contributed by atoms with E-state index in [0.717, 1.165) is 19.2 Å². The van der Waals surface area contributed by atoms with Gasteiger partial charge in [0.25, 0.3) is 0 Å². The van der Waals surface area contributed by atoms with Crippen molar-refractivity contribution in [1.82, 2.24) is 10.3 Å². The van der Waals surface area contributed by atoms with Gasteiger partial charge in [0.15, 0.2) is 0 Å². The molecule has 122 valence electrons. The summed E-state index contributed by atoms with van der Waals surface area (Å²) in [6, 6.07) is 2.34. The van der Waals surface area contributed by atoms with E-state index in [1.807, 2.05) is 0 Å². The molecule has 0 radical (unpaired) electrons. The van der Waals surface area contributed by atoms with Crippen molar-refractivity contribution in [3.63, 3.8) is 0 Å². The average molecular weight is 318 g/mol. The van der Waals surface area contributed by atoms with E-state index >= 15 is 0 Å². The van der Waals surface area contributed by atoms with Crippen molar-refractivity contribution in [3.05, 3.63) is 29.6 Å². The Bertz CT molecular complexity index is 567. The van der Waals surface area contributed by atoms with Crippen LogP contribution in [-0.2, 0) is 21.2 Å². The van der Waals surface area contributed by atoms with Gasteiger partial charge in [-0.1, -0.05) is 6.07 Å². The number of aromatic nitrogens is 1. The lowest BCUT2D eigenvalue weighted by Crippen LogP contribution is -2.48. The summed E-state index contributed by atoms with van der Waals surface area (Å²) in [6.07, 6.45) is -4.58. The van der Waals surface area contributed by atoms with Crippen LogP contribution >= 0.6 is 0 Å². The van der Waals surface area contributed by atoms with Gasteiger partial charge < -0.3 is 14.8 Å². The lowest BCUT2D eigenvalue weighted by molar-refractivity contribution is -0.142. The summed E-state index contributed by atoms with van der Waals surface area (Å²) in [5.41, 5.74) is -4.46. The largest absolute Gasteiger partial charge is 0.444 e. The molecule has 0 bridgehead atoms. The number of rotatable bonds is 3. The summed E-state index contributed by atoms with van der Waals surface area (Å²) in [5.74, 6) is 0. The predicted octanol–water partition coefficient (Wildman–Crippen LogP) is 3.04. The Morgan fingerprint density at radius 3 is 2.32 bits per heavy atom. The molecule has 1 N–H and O–H groups in total. The van der Waals surface area contributed by atoms with E-state index < -0.39 is 34.7 Å². The minimum Gasteiger partial charge on any atom is -0.444 e. The monoisotopic (exact) mass is 318 g/mol. The lowest BCUT2D eigenvalue weighted by atomic mass is 9.92. The Morgan fingerprint density at radius 1 is 1.27 bits per heavy atom. The molecule has 1 aromatic rings. The summed E-state index contributed by atoms with van der Waals surface area (Å²) in [4.78, 5) is 26.4. The SMILES string of the molecule is CC(C)(C)OC(=O)NC(C)(C=O)c1cccnc1C(F)(F)F. The molecule has 1 amide bonds. The van der Waals surface area contributed by atoms with Gasteiger partial charge in [0.1, 0.15) is 23.1 Å². The predicted molar refractivity (Wildman–Crippen MR) is 72.0 cm³/mol. The van der Waals surface area contributed by atoms with Crippen molar-refractivity contribution < 1.29 is 27.5 Å². The first-order valence-corrected chi connectivity index (χ1v) is 6.39. The Morgan fingerprint density at radius 2 is 1.86 bits per heavy atom. The molecule has 1 unspecified atom stereocenters. The number of amides is 1. The van der Waals surface area contributed by atoms with Gasteiger partial charge in [-0.3, -0.25) is 4.98 Å². The highest BCUT2D eigenvalue weighted by atomic mass is 19.4. The maximum Gasteiger partial charge on any atom is 0.433 e. The van der Waals surface area contributed by atoms with Crippen LogP contribution in [0.5, 0.6) is 0 Å². The maximum absolute atomic E-state index is 13.0. The Hall–Kier alpha value is -2.12. The topological polar surface area (TPSA) is 68.3 Å². The third-order valence-electron chi connectivity index (χ3n) is 2.63. The summed E-state index contributed by atoms with van der Waals surface area (Å²) >= 11 is 0. The normalized spacial score (nSPS) is 14.9. The van der Waals surface area contributed by atoms with Crippen LogP contribution in [0.25, 0.3) is 0 Å². The number of nitrogens with zero attached hydrogens (tertiary/aromatic N) is 1. The van der Waals surface area contributed by atoms with Gasteiger partial charge in [-0.05, 0) is 33.8 Å². The highest BCUT2D eigenvalue weighted by Gasteiger charge is 2.42. The number of aldehydes is 1. The van der Waals surface area contributed by atoms with Gasteiger partial charge >= 0.3 is 12.3 Å². The zero-order valence-corrected chi connectivity index (χ0v) is 12.6. The minimum atomic E-state index is -4.75. The highest BCUT2D eigenvalue weighted by molar-refractivity contribution is 5.78. The number of pyridine rings is 1. The maximum atomic E-state index is 13.0. The van der Waals surface area contributed by atoms with E-state index in [4.69, 9.17) is 4.74 Å². The first-order valence-electron chi connectivity index (χ1n) is 6.39. The lowest BCUT2D eigenvalue weighted by Gasteiger charge is -2.29. The number of nitrogens with one attached hydrogen (secondary N) is 1. The molecule has 0 spiro atoms. The van der Waals surface area contributed by atoms with E-state index in [0.29, 0.717) is 0 Å². The zero-order chi connectivity index (χ0) is 17.2. The van der Waals surface area contributed by atoms with Crippen LogP contribution in [0.1, 0.15) is 39.0 Å². The van der Waals surface area contributed by atoms with Gasteiger partial charge in [-0.15, -0.1) is 0 Å². The number of hydrogen-bond acceptors (Lipinski definition) is 4. The summed E-state index contributed by atoms with van der Waals surface area (Å²) < 4.78 is 44.0. The number of carbonyl (C=O) groups is 2. The molecule has 1 rings (SSSR count). The summed E-state index contributed by atoms with van der Waals surface area (Å²) in [7, 11) is 0. The molecule has 0 aromatic carbocycles. The van der Waals surface area contributed by atoms with Crippen LogP contribution in [-0.4, -0.2) is 23.0 Å². The molecule has 0 saturated heterocycles. The second kappa shape index (κ2) is 5.94. The van der Waals surface area contributed by atoms with E-state index in [-0.39, 0.29) is 6.29 Å². The fourth-order valence-corrected chi connectivity index (χ4v) is 1.73. The van der Waals surface area contributed by atoms with Crippen LogP contribution in [0.3, 0.4) is 0 Å². The van der Waals surface area contributed by atoms with Crippen LogP contribution < -0.4 is 5.32 Å². The van der Waals surface area contributed by atoms with E-state index in [1.54, 1.807) is 20.8 Å². The van der Waals surface area contributed by atoms with Gasteiger partial charge in [-0.25, -0.2) is 4.79 Å². The second-order valence-electron chi connectivity index (χ2n) is 5.84. The van der Waals surface area contributed by atoms with E-state index in [1.165, 1.54) is 6.07 Å². The zero-order valence-electron chi connectivity index (χ0n) is 12.6. The number of alkyl carbamates (subject to hydrolysis) is 1. The number of ether oxygens (including phenoxy) is 1. The summed E-state index contributed by atoms with van der Waals surface area (Å²) in [5, 5.41) is 2.16. The molecule has 22 heavy (non-hydrogen) atoms. The van der Waals surface area contributed by atoms with Crippen molar-refractivity contribution in [1.29, 1.82) is 0 Å². The number of carbonyl (C=O) groups excluding carboxylic acids is 2. The van der Waals surface area contributed by atoms with Gasteiger partial charge in [0.2, 0.25) is 0 Å². The molecule has 5 nitrogen and oxygen atoms in total. The van der Waals surface area contributed by atoms with E-state index in [9.17, 15) is 22.8 Å². The quantitative estimate of drug-likeness (QED) is 0.870. The average Bonchev–Trinajstić information content (AvgIpc) is 2.35. The van der Waals surface area contributed by atoms with Crippen molar-refractivity contribution in [2.24, 2.45) is 0 Å². The molecule has 0 fully saturated rings. The Kier molecular flexibility index (Phi) is 4.84. The van der Waals surface area contributed by atoms with Gasteiger partial charge in [-0.2, -0.15) is 13.2 Å². The van der Waals surface area contributed by atoms with Crippen LogP contribution in [0.2, 0.25) is 0 Å². The van der Waals surface area contributed by atoms with Crippen molar-refractivity contribution in [3.8, 4) is 0 Å². The smallest absolute Gasteiger partial charge is 0.433 e. The number of halogens is 3. The Balaban J connectivity index is 3.20. The van der Waals surface area contributed by atoms with Crippen molar-refractivity contribution in [2.75, 3.05) is 0 Å². The number of alkyl halides is 3. The van der Waals surface area contributed by atoms with Crippen LogP contribution in [0.15, 0.2) is 18.3 Å². The third-order valence-corrected chi connectivity index (χ3v) is 2.63. The molecule has 0 saturated carbocycles. The van der Waals surface area contributed by atoms with Crippen LogP contribution in [0.4, 0.5) is 18.0 Å². The first-order chi connectivity index (χ1) is 9.89. The first kappa shape index (κ1) is 17.9. The van der Waals surface area contributed by atoms with Gasteiger partial charge in [0.05, 0.1) is 0 Å². The molecular weight excluding hydrogens is 301 g/mol. The molecule has 0 aliphatic carbocycles. The fraction of sp³-hybridized carbons (Fsp3) is 0.500. The molecular formula is C14H17F3N2O3. The molecule has 0 aliphatic rings. The molecule has 0 aliphatic heterocycles. The molecule has 1 heterocycles. The summed E-state index contributed by atoms with van der Waals surface area (Å²) in [6.45, 7) is 5.93. The standard InChI is InChI=1S/C14H17F3N2O3/c1-12(2,3)22-11(21)19-13(4,8-20)9-6-5-7-18-10(9)14(15,16)17/h5-8H,1-4H3,(H,19,21). The fourth-order valence-electron chi connectivity index (χ4n) is 1.73.